The molecule has 0 bridgehead atoms. The molecule has 6 nitrogen and oxygen atoms in total. The van der Waals surface area contributed by atoms with Crippen molar-refractivity contribution in [3.63, 3.8) is 0 Å². The highest BCUT2D eigenvalue weighted by Gasteiger charge is 2.24. The highest BCUT2D eigenvalue weighted by molar-refractivity contribution is 7.20. The van der Waals surface area contributed by atoms with E-state index in [2.05, 4.69) is 10.3 Å². The summed E-state index contributed by atoms with van der Waals surface area (Å²) in [6, 6.07) is 7.75. The van der Waals surface area contributed by atoms with Gasteiger partial charge >= 0.3 is 0 Å². The van der Waals surface area contributed by atoms with Crippen LogP contribution in [-0.4, -0.2) is 28.1 Å². The number of aromatic nitrogens is 2. The number of nitrogens with zero attached hydrogens (tertiary/aromatic N) is 2. The van der Waals surface area contributed by atoms with Gasteiger partial charge < -0.3 is 14.6 Å². The van der Waals surface area contributed by atoms with Crippen molar-refractivity contribution in [2.75, 3.05) is 6.61 Å². The third kappa shape index (κ3) is 2.70. The highest BCUT2D eigenvalue weighted by Crippen LogP contribution is 2.28. The molecule has 0 radical (unpaired) electrons. The van der Waals surface area contributed by atoms with E-state index < -0.39 is 0 Å². The van der Waals surface area contributed by atoms with Crippen molar-refractivity contribution < 1.29 is 9.53 Å². The average molecular weight is 355 g/mol. The van der Waals surface area contributed by atoms with E-state index in [-0.39, 0.29) is 17.5 Å². The second-order valence-corrected chi connectivity index (χ2v) is 7.19. The number of hydrogen-bond donors (Lipinski definition) is 1. The number of fused-ring (bicyclic) bond motifs is 2. The number of thiophene rings is 1. The topological polar surface area (TPSA) is 73.2 Å². The molecule has 0 saturated heterocycles. The van der Waals surface area contributed by atoms with Crippen LogP contribution in [0.15, 0.2) is 35.4 Å². The van der Waals surface area contributed by atoms with Crippen LogP contribution in [0.5, 0.6) is 5.75 Å². The van der Waals surface area contributed by atoms with Crippen LogP contribution in [0.2, 0.25) is 0 Å². The Hall–Kier alpha value is -2.67. The Morgan fingerprint density at radius 3 is 3.04 bits per heavy atom. The maximum absolute atomic E-state index is 12.7. The third-order valence-electron chi connectivity index (χ3n) is 4.43. The van der Waals surface area contributed by atoms with E-state index >= 15 is 0 Å². The predicted molar refractivity (Wildman–Crippen MR) is 96.5 cm³/mol. The normalized spacial score (nSPS) is 16.3. The second kappa shape index (κ2) is 6.00. The van der Waals surface area contributed by atoms with Gasteiger partial charge in [-0.25, -0.2) is 4.98 Å². The molecule has 3 heterocycles. The summed E-state index contributed by atoms with van der Waals surface area (Å²) >= 11 is 1.25. The minimum atomic E-state index is -0.185. The Labute approximate surface area is 148 Å². The van der Waals surface area contributed by atoms with Crippen LogP contribution in [0.4, 0.5) is 0 Å². The molecule has 1 N–H and O–H groups in total. The molecule has 1 aliphatic rings. The lowest BCUT2D eigenvalue weighted by Crippen LogP contribution is -2.42. The van der Waals surface area contributed by atoms with E-state index in [0.29, 0.717) is 27.3 Å². The number of hydrogen-bond acceptors (Lipinski definition) is 5. The summed E-state index contributed by atoms with van der Waals surface area (Å²) in [5, 5.41) is 3.54. The predicted octanol–water partition coefficient (Wildman–Crippen LogP) is 2.04. The molecule has 2 aromatic heterocycles. The summed E-state index contributed by atoms with van der Waals surface area (Å²) in [6.07, 6.45) is 2.21. The minimum Gasteiger partial charge on any atom is -0.491 e. The number of carbonyl (C=O) groups is 1. The van der Waals surface area contributed by atoms with Crippen molar-refractivity contribution in [3.05, 3.63) is 57.0 Å². The molecule has 25 heavy (non-hydrogen) atoms. The maximum atomic E-state index is 12.7. The molecule has 0 unspecified atom stereocenters. The van der Waals surface area contributed by atoms with Gasteiger partial charge in [0.25, 0.3) is 11.5 Å². The van der Waals surface area contributed by atoms with Crippen molar-refractivity contribution in [3.8, 4) is 5.75 Å². The molecule has 0 aliphatic carbocycles. The van der Waals surface area contributed by atoms with E-state index in [0.717, 1.165) is 17.7 Å². The largest absolute Gasteiger partial charge is 0.491 e. The van der Waals surface area contributed by atoms with E-state index in [1.165, 1.54) is 22.2 Å². The van der Waals surface area contributed by atoms with Crippen molar-refractivity contribution in [2.24, 2.45) is 7.05 Å². The molecule has 1 aromatic carbocycles. The number of carbonyl (C=O) groups excluding carboxylic acids is 1. The number of aryl methyl sites for hydroxylation is 2. The molecule has 0 saturated carbocycles. The molecular formula is C18H17N3O3S. The number of rotatable bonds is 2. The fourth-order valence-electron chi connectivity index (χ4n) is 3.10. The Morgan fingerprint density at radius 1 is 1.40 bits per heavy atom. The molecule has 7 heteroatoms. The lowest BCUT2D eigenvalue weighted by Gasteiger charge is -2.25. The molecule has 0 spiro atoms. The van der Waals surface area contributed by atoms with Gasteiger partial charge in [-0.2, -0.15) is 0 Å². The number of para-hydroxylation sites is 1. The fourth-order valence-corrected chi connectivity index (χ4v) is 4.14. The Morgan fingerprint density at radius 2 is 2.20 bits per heavy atom. The Balaban J connectivity index is 1.60. The van der Waals surface area contributed by atoms with Gasteiger partial charge in [-0.3, -0.25) is 9.59 Å². The van der Waals surface area contributed by atoms with Gasteiger partial charge in [0.2, 0.25) is 0 Å². The number of benzene rings is 1. The zero-order chi connectivity index (χ0) is 17.6. The molecule has 3 aromatic rings. The standard InChI is InChI=1S/C18H17N3O3S/c1-10-14-17(19-9-21(2)18(14)23)25-15(10)16(22)20-12-7-11-5-3-4-6-13(11)24-8-12/h3-6,9,12H,7-8H2,1-2H3,(H,20,22)/t12-/m0/s1. The minimum absolute atomic E-state index is 0.0946. The van der Waals surface area contributed by atoms with Crippen molar-refractivity contribution in [2.45, 2.75) is 19.4 Å². The molecular weight excluding hydrogens is 338 g/mol. The Kier molecular flexibility index (Phi) is 3.80. The zero-order valence-electron chi connectivity index (χ0n) is 13.9. The van der Waals surface area contributed by atoms with Gasteiger partial charge in [-0.05, 0) is 30.5 Å². The molecule has 4 rings (SSSR count). The quantitative estimate of drug-likeness (QED) is 0.763. The number of amides is 1. The van der Waals surface area contributed by atoms with Crippen molar-refractivity contribution in [1.82, 2.24) is 14.9 Å². The first kappa shape index (κ1) is 15.8. The zero-order valence-corrected chi connectivity index (χ0v) is 14.7. The fraction of sp³-hybridized carbons (Fsp3) is 0.278. The summed E-state index contributed by atoms with van der Waals surface area (Å²) in [5.74, 6) is 0.689. The van der Waals surface area contributed by atoms with Crippen LogP contribution in [0, 0.1) is 6.92 Å². The van der Waals surface area contributed by atoms with Gasteiger partial charge in [0.15, 0.2) is 0 Å². The van der Waals surface area contributed by atoms with Gasteiger partial charge in [-0.1, -0.05) is 18.2 Å². The van der Waals surface area contributed by atoms with Gasteiger partial charge in [0.1, 0.15) is 17.2 Å². The number of ether oxygens (including phenoxy) is 1. The van der Waals surface area contributed by atoms with Crippen molar-refractivity contribution in [1.29, 1.82) is 0 Å². The summed E-state index contributed by atoms with van der Waals surface area (Å²) in [7, 11) is 1.66. The highest BCUT2D eigenvalue weighted by atomic mass is 32.1. The van der Waals surface area contributed by atoms with Crippen LogP contribution in [0.3, 0.4) is 0 Å². The maximum Gasteiger partial charge on any atom is 0.262 e. The Bertz CT molecular complexity index is 1040. The van der Waals surface area contributed by atoms with Crippen LogP contribution in [-0.2, 0) is 13.5 Å². The summed E-state index contributed by atoms with van der Waals surface area (Å²) in [5.41, 5.74) is 1.64. The number of nitrogens with one attached hydrogen (secondary N) is 1. The van der Waals surface area contributed by atoms with Crippen molar-refractivity contribution >= 4 is 27.5 Å². The van der Waals surface area contributed by atoms with E-state index in [9.17, 15) is 9.59 Å². The van der Waals surface area contributed by atoms with Crippen LogP contribution >= 0.6 is 11.3 Å². The monoisotopic (exact) mass is 355 g/mol. The first-order chi connectivity index (χ1) is 12.0. The first-order valence-electron chi connectivity index (χ1n) is 8.01. The summed E-state index contributed by atoms with van der Waals surface area (Å²) in [4.78, 5) is 30.4. The third-order valence-corrected chi connectivity index (χ3v) is 5.63. The smallest absolute Gasteiger partial charge is 0.262 e. The van der Waals surface area contributed by atoms with Crippen LogP contribution in [0.25, 0.3) is 10.2 Å². The molecule has 1 aliphatic heterocycles. The van der Waals surface area contributed by atoms with E-state index in [1.807, 2.05) is 24.3 Å². The lowest BCUT2D eigenvalue weighted by atomic mass is 10.0. The SMILES string of the molecule is Cc1c(C(=O)N[C@@H]2COc3ccccc3C2)sc2ncn(C)c(=O)c12. The second-order valence-electron chi connectivity index (χ2n) is 6.19. The van der Waals surface area contributed by atoms with Crippen LogP contribution < -0.4 is 15.6 Å². The van der Waals surface area contributed by atoms with E-state index in [1.54, 1.807) is 14.0 Å². The van der Waals surface area contributed by atoms with Gasteiger partial charge in [0.05, 0.1) is 22.6 Å². The lowest BCUT2D eigenvalue weighted by molar-refractivity contribution is 0.0919. The summed E-state index contributed by atoms with van der Waals surface area (Å²) < 4.78 is 7.15. The molecule has 128 valence electrons. The molecule has 1 amide bonds. The average Bonchev–Trinajstić information content (AvgIpc) is 2.95. The van der Waals surface area contributed by atoms with Gasteiger partial charge in [-0.15, -0.1) is 11.3 Å². The first-order valence-corrected chi connectivity index (χ1v) is 8.82. The molecule has 1 atom stereocenters. The van der Waals surface area contributed by atoms with E-state index in [4.69, 9.17) is 4.74 Å². The summed E-state index contributed by atoms with van der Waals surface area (Å²) in [6.45, 7) is 2.23. The molecule has 0 fully saturated rings. The van der Waals surface area contributed by atoms with Crippen LogP contribution in [0.1, 0.15) is 20.8 Å². The van der Waals surface area contributed by atoms with Gasteiger partial charge in [0, 0.05) is 7.05 Å².